The summed E-state index contributed by atoms with van der Waals surface area (Å²) in [6, 6.07) is 2.27. The predicted molar refractivity (Wildman–Crippen MR) is 71.8 cm³/mol. The quantitative estimate of drug-likeness (QED) is 0.540. The lowest BCUT2D eigenvalue weighted by atomic mass is 9.90. The van der Waals surface area contributed by atoms with Crippen molar-refractivity contribution in [1.29, 1.82) is 5.26 Å². The molecule has 0 unspecified atom stereocenters. The maximum absolute atomic E-state index is 11.4. The van der Waals surface area contributed by atoms with Gasteiger partial charge in [0.1, 0.15) is 5.60 Å². The molecule has 0 saturated carbocycles. The van der Waals surface area contributed by atoms with Gasteiger partial charge in [-0.3, -0.25) is 4.79 Å². The van der Waals surface area contributed by atoms with Crippen molar-refractivity contribution in [3.05, 3.63) is 0 Å². The Kier molecular flexibility index (Phi) is 6.62. The van der Waals surface area contributed by atoms with E-state index in [0.29, 0.717) is 5.75 Å². The summed E-state index contributed by atoms with van der Waals surface area (Å²) in [6.45, 7) is 9.47. The zero-order valence-electron chi connectivity index (χ0n) is 11.5. The zero-order valence-corrected chi connectivity index (χ0v) is 12.3. The molecule has 0 aromatic heterocycles. The molecule has 4 heteroatoms. The van der Waals surface area contributed by atoms with Crippen LogP contribution in [-0.2, 0) is 9.53 Å². The number of nitrogens with zero attached hydrogens (tertiary/aromatic N) is 1. The molecular formula is C13H23NO2S. The van der Waals surface area contributed by atoms with Crippen LogP contribution in [0, 0.1) is 16.7 Å². The van der Waals surface area contributed by atoms with Gasteiger partial charge in [0.25, 0.3) is 0 Å². The van der Waals surface area contributed by atoms with Gasteiger partial charge in [-0.2, -0.15) is 17.0 Å². The van der Waals surface area contributed by atoms with Gasteiger partial charge in [-0.1, -0.05) is 0 Å². The molecule has 0 aliphatic rings. The number of carbonyl (C=O) groups is 1. The number of nitriles is 1. The Morgan fingerprint density at radius 3 is 2.35 bits per heavy atom. The summed E-state index contributed by atoms with van der Waals surface area (Å²) in [5, 5.41) is 8.84. The highest BCUT2D eigenvalue weighted by molar-refractivity contribution is 7.99. The largest absolute Gasteiger partial charge is 0.459 e. The van der Waals surface area contributed by atoms with Crippen molar-refractivity contribution in [2.45, 2.75) is 53.1 Å². The third-order valence-electron chi connectivity index (χ3n) is 2.03. The molecule has 0 spiro atoms. The van der Waals surface area contributed by atoms with E-state index in [4.69, 9.17) is 10.00 Å². The summed E-state index contributed by atoms with van der Waals surface area (Å²) in [5.74, 6) is 1.12. The molecule has 98 valence electrons. The Balaban J connectivity index is 3.60. The topological polar surface area (TPSA) is 50.1 Å². The van der Waals surface area contributed by atoms with Crippen molar-refractivity contribution in [2.24, 2.45) is 5.41 Å². The van der Waals surface area contributed by atoms with E-state index >= 15 is 0 Å². The Hall–Kier alpha value is -0.690. The van der Waals surface area contributed by atoms with Gasteiger partial charge in [-0.15, -0.1) is 0 Å². The SMILES string of the molecule is CC(C)(C#N)CCCSCC(=O)OC(C)(C)C. The number of thioether (sulfide) groups is 1. The van der Waals surface area contributed by atoms with Crippen LogP contribution >= 0.6 is 11.8 Å². The number of rotatable bonds is 6. The van der Waals surface area contributed by atoms with Crippen molar-refractivity contribution in [1.82, 2.24) is 0 Å². The Labute approximate surface area is 109 Å². The molecule has 3 nitrogen and oxygen atoms in total. The second-order valence-corrected chi connectivity index (χ2v) is 6.84. The predicted octanol–water partition coefficient (Wildman–Crippen LogP) is 3.39. The molecule has 0 rings (SSSR count). The first kappa shape index (κ1) is 16.3. The number of carbonyl (C=O) groups excluding carboxylic acids is 1. The van der Waals surface area contributed by atoms with E-state index in [1.807, 2.05) is 34.6 Å². The Morgan fingerprint density at radius 2 is 1.88 bits per heavy atom. The standard InChI is InChI=1S/C13H23NO2S/c1-12(2,3)16-11(15)9-17-8-6-7-13(4,5)10-14/h6-9H2,1-5H3. The molecule has 0 aliphatic carbocycles. The first-order valence-corrected chi connectivity index (χ1v) is 7.03. The van der Waals surface area contributed by atoms with Crippen LogP contribution < -0.4 is 0 Å². The molecule has 0 amide bonds. The fourth-order valence-electron chi connectivity index (χ4n) is 1.20. The van der Waals surface area contributed by atoms with Gasteiger partial charge in [0.15, 0.2) is 0 Å². The minimum Gasteiger partial charge on any atom is -0.459 e. The van der Waals surface area contributed by atoms with Crippen LogP contribution in [0.25, 0.3) is 0 Å². The van der Waals surface area contributed by atoms with Gasteiger partial charge in [-0.25, -0.2) is 0 Å². The van der Waals surface area contributed by atoms with Crippen molar-refractivity contribution < 1.29 is 9.53 Å². The smallest absolute Gasteiger partial charge is 0.316 e. The monoisotopic (exact) mass is 257 g/mol. The van der Waals surface area contributed by atoms with Crippen molar-refractivity contribution in [3.63, 3.8) is 0 Å². The van der Waals surface area contributed by atoms with Gasteiger partial charge in [0.2, 0.25) is 0 Å². The van der Waals surface area contributed by atoms with E-state index in [0.717, 1.165) is 18.6 Å². The van der Waals surface area contributed by atoms with Gasteiger partial charge < -0.3 is 4.74 Å². The molecule has 0 heterocycles. The molecular weight excluding hydrogens is 234 g/mol. The van der Waals surface area contributed by atoms with Crippen molar-refractivity contribution in [3.8, 4) is 6.07 Å². The fraction of sp³-hybridized carbons (Fsp3) is 0.846. The molecule has 0 radical (unpaired) electrons. The average molecular weight is 257 g/mol. The van der Waals surface area contributed by atoms with Crippen LogP contribution in [0.15, 0.2) is 0 Å². The lowest BCUT2D eigenvalue weighted by Gasteiger charge is -2.19. The van der Waals surface area contributed by atoms with E-state index < -0.39 is 5.60 Å². The molecule has 0 bridgehead atoms. The summed E-state index contributed by atoms with van der Waals surface area (Å²) in [4.78, 5) is 11.4. The highest BCUT2D eigenvalue weighted by Gasteiger charge is 2.17. The molecule has 0 aromatic rings. The highest BCUT2D eigenvalue weighted by atomic mass is 32.2. The van der Waals surface area contributed by atoms with Crippen molar-refractivity contribution in [2.75, 3.05) is 11.5 Å². The van der Waals surface area contributed by atoms with Crippen LogP contribution in [0.3, 0.4) is 0 Å². The third-order valence-corrected chi connectivity index (χ3v) is 3.05. The molecule has 0 atom stereocenters. The van der Waals surface area contributed by atoms with Crippen molar-refractivity contribution >= 4 is 17.7 Å². The fourth-order valence-corrected chi connectivity index (χ4v) is 1.92. The Bertz CT molecular complexity index is 287. The molecule has 0 fully saturated rings. The molecule has 0 N–H and O–H groups in total. The molecule has 0 aliphatic heterocycles. The van der Waals surface area contributed by atoms with Crippen LogP contribution in [0.2, 0.25) is 0 Å². The number of hydrogen-bond donors (Lipinski definition) is 0. The number of hydrogen-bond acceptors (Lipinski definition) is 4. The van der Waals surface area contributed by atoms with Gasteiger partial charge in [0.05, 0.1) is 17.2 Å². The second kappa shape index (κ2) is 6.90. The number of esters is 1. The lowest BCUT2D eigenvalue weighted by molar-refractivity contribution is -0.151. The van der Waals surface area contributed by atoms with E-state index in [-0.39, 0.29) is 11.4 Å². The lowest BCUT2D eigenvalue weighted by Crippen LogP contribution is -2.25. The molecule has 0 aromatic carbocycles. The maximum Gasteiger partial charge on any atom is 0.316 e. The molecule has 17 heavy (non-hydrogen) atoms. The summed E-state index contributed by atoms with van der Waals surface area (Å²) >= 11 is 1.57. The Morgan fingerprint density at radius 1 is 1.29 bits per heavy atom. The van der Waals surface area contributed by atoms with Crippen LogP contribution in [0.4, 0.5) is 0 Å². The first-order chi connectivity index (χ1) is 7.66. The normalized spacial score (nSPS) is 12.0. The summed E-state index contributed by atoms with van der Waals surface area (Å²) < 4.78 is 5.19. The minimum absolute atomic E-state index is 0.165. The summed E-state index contributed by atoms with van der Waals surface area (Å²) in [7, 11) is 0. The number of ether oxygens (including phenoxy) is 1. The van der Waals surface area contributed by atoms with E-state index in [1.54, 1.807) is 11.8 Å². The van der Waals surface area contributed by atoms with E-state index in [9.17, 15) is 4.79 Å². The van der Waals surface area contributed by atoms with E-state index in [2.05, 4.69) is 6.07 Å². The van der Waals surface area contributed by atoms with Gasteiger partial charge in [-0.05, 0) is 53.2 Å². The molecule has 0 saturated heterocycles. The summed E-state index contributed by atoms with van der Waals surface area (Å²) in [5.41, 5.74) is -0.660. The first-order valence-electron chi connectivity index (χ1n) is 5.87. The zero-order chi connectivity index (χ0) is 13.5. The third kappa shape index (κ3) is 10.2. The highest BCUT2D eigenvalue weighted by Crippen LogP contribution is 2.22. The minimum atomic E-state index is -0.402. The second-order valence-electron chi connectivity index (χ2n) is 5.74. The average Bonchev–Trinajstić information content (AvgIpc) is 2.14. The maximum atomic E-state index is 11.4. The van der Waals surface area contributed by atoms with Crippen LogP contribution in [0.5, 0.6) is 0 Å². The van der Waals surface area contributed by atoms with Gasteiger partial charge in [0, 0.05) is 0 Å². The van der Waals surface area contributed by atoms with E-state index in [1.165, 1.54) is 0 Å². The van der Waals surface area contributed by atoms with Crippen LogP contribution in [-0.4, -0.2) is 23.1 Å². The van der Waals surface area contributed by atoms with Gasteiger partial charge >= 0.3 is 5.97 Å². The summed E-state index contributed by atoms with van der Waals surface area (Å²) in [6.07, 6.45) is 1.82. The van der Waals surface area contributed by atoms with Crippen LogP contribution in [0.1, 0.15) is 47.5 Å².